The predicted octanol–water partition coefficient (Wildman–Crippen LogP) is 0.780. The van der Waals surface area contributed by atoms with Crippen molar-refractivity contribution in [1.29, 1.82) is 0 Å². The van der Waals surface area contributed by atoms with Crippen LogP contribution in [0.2, 0.25) is 0 Å². The van der Waals surface area contributed by atoms with Crippen LogP contribution in [0.15, 0.2) is 24.3 Å². The zero-order valence-corrected chi connectivity index (χ0v) is 12.4. The Kier molecular flexibility index (Phi) is 8.89. The van der Waals surface area contributed by atoms with Crippen molar-refractivity contribution in [2.45, 2.75) is 6.42 Å². The molecular formula is C16H22N2O3. The standard InChI is InChI=1S/C16H22N2O3/c1-20-11-12-21-10-4-9-18-16(19)15-7-2-5-14(13-15)6-3-8-17/h2,5,7,13H,4,8-12,17H2,1H3,(H,18,19). The van der Waals surface area contributed by atoms with Crippen LogP contribution in [0, 0.1) is 11.8 Å². The molecule has 3 N–H and O–H groups in total. The molecule has 0 saturated heterocycles. The Balaban J connectivity index is 2.32. The topological polar surface area (TPSA) is 73.6 Å². The number of carbonyl (C=O) groups is 1. The van der Waals surface area contributed by atoms with Crippen LogP contribution in [0.1, 0.15) is 22.3 Å². The largest absolute Gasteiger partial charge is 0.382 e. The summed E-state index contributed by atoms with van der Waals surface area (Å²) in [7, 11) is 1.63. The molecule has 0 heterocycles. The molecule has 0 bridgehead atoms. The summed E-state index contributed by atoms with van der Waals surface area (Å²) in [5.74, 6) is 5.57. The second kappa shape index (κ2) is 10.9. The number of nitrogens with two attached hydrogens (primary N) is 1. The lowest BCUT2D eigenvalue weighted by atomic mass is 10.1. The molecule has 21 heavy (non-hydrogen) atoms. The fourth-order valence-corrected chi connectivity index (χ4v) is 1.61. The summed E-state index contributed by atoms with van der Waals surface area (Å²) < 4.78 is 10.2. The molecule has 0 saturated carbocycles. The lowest BCUT2D eigenvalue weighted by Gasteiger charge is -2.06. The lowest BCUT2D eigenvalue weighted by molar-refractivity contribution is 0.0688. The Bertz CT molecular complexity index is 492. The maximum Gasteiger partial charge on any atom is 0.251 e. The quantitative estimate of drug-likeness (QED) is 0.548. The van der Waals surface area contributed by atoms with E-state index in [4.69, 9.17) is 15.2 Å². The molecule has 0 aliphatic carbocycles. The first-order valence-corrected chi connectivity index (χ1v) is 6.92. The van der Waals surface area contributed by atoms with Gasteiger partial charge in [-0.3, -0.25) is 4.79 Å². The number of methoxy groups -OCH3 is 1. The van der Waals surface area contributed by atoms with E-state index in [0.29, 0.717) is 38.5 Å². The van der Waals surface area contributed by atoms with Gasteiger partial charge in [0.05, 0.1) is 19.8 Å². The zero-order valence-electron chi connectivity index (χ0n) is 12.4. The van der Waals surface area contributed by atoms with Gasteiger partial charge in [0.15, 0.2) is 0 Å². The number of rotatable bonds is 8. The van der Waals surface area contributed by atoms with Gasteiger partial charge in [0, 0.05) is 31.4 Å². The Morgan fingerprint density at radius 3 is 2.95 bits per heavy atom. The van der Waals surface area contributed by atoms with Crippen molar-refractivity contribution < 1.29 is 14.3 Å². The second-order valence-corrected chi connectivity index (χ2v) is 4.30. The molecular weight excluding hydrogens is 268 g/mol. The first-order valence-electron chi connectivity index (χ1n) is 6.92. The number of amides is 1. The van der Waals surface area contributed by atoms with Crippen molar-refractivity contribution >= 4 is 5.91 Å². The summed E-state index contributed by atoms with van der Waals surface area (Å²) in [5, 5.41) is 2.85. The maximum atomic E-state index is 12.0. The first kappa shape index (κ1) is 17.2. The molecule has 0 radical (unpaired) electrons. The van der Waals surface area contributed by atoms with E-state index in [-0.39, 0.29) is 5.91 Å². The number of nitrogens with one attached hydrogen (secondary N) is 1. The van der Waals surface area contributed by atoms with Gasteiger partial charge in [-0.05, 0) is 24.6 Å². The van der Waals surface area contributed by atoms with E-state index in [2.05, 4.69) is 17.2 Å². The highest BCUT2D eigenvalue weighted by molar-refractivity contribution is 5.94. The molecule has 114 valence electrons. The molecule has 0 atom stereocenters. The van der Waals surface area contributed by atoms with Crippen LogP contribution in [0.3, 0.4) is 0 Å². The Hall–Kier alpha value is -1.87. The average Bonchev–Trinajstić information content (AvgIpc) is 2.52. The van der Waals surface area contributed by atoms with Crippen molar-refractivity contribution in [3.63, 3.8) is 0 Å². The highest BCUT2D eigenvalue weighted by atomic mass is 16.5. The lowest BCUT2D eigenvalue weighted by Crippen LogP contribution is -2.25. The van der Waals surface area contributed by atoms with Gasteiger partial charge >= 0.3 is 0 Å². The smallest absolute Gasteiger partial charge is 0.251 e. The van der Waals surface area contributed by atoms with Crippen molar-refractivity contribution in [3.8, 4) is 11.8 Å². The second-order valence-electron chi connectivity index (χ2n) is 4.30. The third-order valence-corrected chi connectivity index (χ3v) is 2.64. The zero-order chi connectivity index (χ0) is 15.3. The van der Waals surface area contributed by atoms with Crippen LogP contribution in [-0.4, -0.2) is 45.9 Å². The van der Waals surface area contributed by atoms with Gasteiger partial charge in [0.1, 0.15) is 0 Å². The Labute approximate surface area is 125 Å². The summed E-state index contributed by atoms with van der Waals surface area (Å²) in [6.45, 7) is 2.64. The van der Waals surface area contributed by atoms with Gasteiger partial charge < -0.3 is 20.5 Å². The number of hydrogen-bond acceptors (Lipinski definition) is 4. The minimum atomic E-state index is -0.108. The van der Waals surface area contributed by atoms with Crippen LogP contribution in [-0.2, 0) is 9.47 Å². The van der Waals surface area contributed by atoms with Crippen LogP contribution < -0.4 is 11.1 Å². The molecule has 1 rings (SSSR count). The minimum Gasteiger partial charge on any atom is -0.382 e. The van der Waals surface area contributed by atoms with Crippen molar-refractivity contribution in [2.75, 3.05) is 40.0 Å². The summed E-state index contributed by atoms with van der Waals surface area (Å²) >= 11 is 0. The van der Waals surface area contributed by atoms with Crippen LogP contribution in [0.4, 0.5) is 0 Å². The first-order chi connectivity index (χ1) is 10.3. The maximum absolute atomic E-state index is 12.0. The molecule has 5 heteroatoms. The van der Waals surface area contributed by atoms with Crippen molar-refractivity contribution in [3.05, 3.63) is 35.4 Å². The van der Waals surface area contributed by atoms with Crippen LogP contribution in [0.25, 0.3) is 0 Å². The predicted molar refractivity (Wildman–Crippen MR) is 82.0 cm³/mol. The molecule has 5 nitrogen and oxygen atoms in total. The molecule has 0 aromatic heterocycles. The monoisotopic (exact) mass is 290 g/mol. The SMILES string of the molecule is COCCOCCCNC(=O)c1cccc(C#CCN)c1. The number of carbonyl (C=O) groups excluding carboxylic acids is 1. The third-order valence-electron chi connectivity index (χ3n) is 2.64. The fraction of sp³-hybridized carbons (Fsp3) is 0.438. The van der Waals surface area contributed by atoms with E-state index in [1.807, 2.05) is 12.1 Å². The van der Waals surface area contributed by atoms with E-state index in [0.717, 1.165) is 12.0 Å². The highest BCUT2D eigenvalue weighted by Gasteiger charge is 2.04. The summed E-state index contributed by atoms with van der Waals surface area (Å²) in [6, 6.07) is 7.18. The highest BCUT2D eigenvalue weighted by Crippen LogP contribution is 2.04. The molecule has 1 amide bonds. The van der Waals surface area contributed by atoms with Gasteiger partial charge in [0.2, 0.25) is 0 Å². The van der Waals surface area contributed by atoms with E-state index < -0.39 is 0 Å². The molecule has 0 spiro atoms. The van der Waals surface area contributed by atoms with E-state index in [1.54, 1.807) is 19.2 Å². The van der Waals surface area contributed by atoms with Gasteiger partial charge in [-0.15, -0.1) is 0 Å². The van der Waals surface area contributed by atoms with Gasteiger partial charge in [-0.2, -0.15) is 0 Å². The summed E-state index contributed by atoms with van der Waals surface area (Å²) in [5.41, 5.74) is 6.71. The summed E-state index contributed by atoms with van der Waals surface area (Å²) in [4.78, 5) is 12.0. The third kappa shape index (κ3) is 7.47. The van der Waals surface area contributed by atoms with E-state index in [9.17, 15) is 4.79 Å². The normalized spacial score (nSPS) is 9.81. The molecule has 0 fully saturated rings. The molecule has 0 unspecified atom stereocenters. The van der Waals surface area contributed by atoms with E-state index >= 15 is 0 Å². The number of benzene rings is 1. The van der Waals surface area contributed by atoms with Gasteiger partial charge in [-0.25, -0.2) is 0 Å². The molecule has 0 aliphatic rings. The Morgan fingerprint density at radius 2 is 2.19 bits per heavy atom. The number of hydrogen-bond donors (Lipinski definition) is 2. The average molecular weight is 290 g/mol. The van der Waals surface area contributed by atoms with Gasteiger partial charge in [-0.1, -0.05) is 17.9 Å². The number of ether oxygens (including phenoxy) is 2. The fourth-order valence-electron chi connectivity index (χ4n) is 1.61. The van der Waals surface area contributed by atoms with Crippen molar-refractivity contribution in [1.82, 2.24) is 5.32 Å². The molecule has 0 aliphatic heterocycles. The van der Waals surface area contributed by atoms with Crippen LogP contribution >= 0.6 is 0 Å². The minimum absolute atomic E-state index is 0.108. The van der Waals surface area contributed by atoms with E-state index in [1.165, 1.54) is 0 Å². The Morgan fingerprint density at radius 1 is 1.33 bits per heavy atom. The van der Waals surface area contributed by atoms with Crippen LogP contribution in [0.5, 0.6) is 0 Å². The van der Waals surface area contributed by atoms with Gasteiger partial charge in [0.25, 0.3) is 5.91 Å². The molecule has 1 aromatic carbocycles. The molecule has 1 aromatic rings. The summed E-state index contributed by atoms with van der Waals surface area (Å²) in [6.07, 6.45) is 0.766. The van der Waals surface area contributed by atoms with Crippen molar-refractivity contribution in [2.24, 2.45) is 5.73 Å².